The lowest BCUT2D eigenvalue weighted by molar-refractivity contribution is 0.470. The van der Waals surface area contributed by atoms with Crippen LogP contribution in [0.15, 0.2) is 10.7 Å². The largest absolute Gasteiger partial charge is 0.448 e. The molecular formula is C11H19NO. The summed E-state index contributed by atoms with van der Waals surface area (Å²) in [5.74, 6) is 1.99. The normalized spacial score (nSPS) is 11.5. The van der Waals surface area contributed by atoms with Gasteiger partial charge in [0, 0.05) is 5.92 Å². The lowest BCUT2D eigenvalue weighted by Gasteiger charge is -2.00. The van der Waals surface area contributed by atoms with Crippen LogP contribution >= 0.6 is 0 Å². The van der Waals surface area contributed by atoms with Gasteiger partial charge in [-0.25, -0.2) is 4.98 Å². The van der Waals surface area contributed by atoms with Gasteiger partial charge in [-0.2, -0.15) is 0 Å². The van der Waals surface area contributed by atoms with Gasteiger partial charge in [0.15, 0.2) is 5.89 Å². The molecule has 0 unspecified atom stereocenters. The van der Waals surface area contributed by atoms with Crippen LogP contribution in [-0.4, -0.2) is 4.98 Å². The minimum Gasteiger partial charge on any atom is -0.448 e. The molecule has 1 aromatic heterocycles. The van der Waals surface area contributed by atoms with Gasteiger partial charge in [-0.15, -0.1) is 0 Å². The molecule has 0 aliphatic carbocycles. The average Bonchev–Trinajstić information content (AvgIpc) is 2.48. The van der Waals surface area contributed by atoms with Crippen molar-refractivity contribution in [2.75, 3.05) is 0 Å². The molecule has 0 radical (unpaired) electrons. The summed E-state index contributed by atoms with van der Waals surface area (Å²) in [6.07, 6.45) is 4.01. The summed E-state index contributed by atoms with van der Waals surface area (Å²) in [6, 6.07) is 0. The Hall–Kier alpha value is -0.790. The van der Waals surface area contributed by atoms with Gasteiger partial charge in [0.2, 0.25) is 0 Å². The van der Waals surface area contributed by atoms with Gasteiger partial charge in [-0.3, -0.25) is 0 Å². The van der Waals surface area contributed by atoms with Crippen LogP contribution in [-0.2, 0) is 6.42 Å². The zero-order valence-corrected chi connectivity index (χ0v) is 9.00. The first-order valence-electron chi connectivity index (χ1n) is 5.04. The molecule has 1 aromatic rings. The van der Waals surface area contributed by atoms with Crippen molar-refractivity contribution in [3.05, 3.63) is 17.8 Å². The molecule has 2 nitrogen and oxygen atoms in total. The van der Waals surface area contributed by atoms with Crippen LogP contribution in [0.2, 0.25) is 0 Å². The molecule has 0 aliphatic heterocycles. The van der Waals surface area contributed by atoms with Crippen molar-refractivity contribution >= 4 is 0 Å². The topological polar surface area (TPSA) is 26.0 Å². The van der Waals surface area contributed by atoms with E-state index in [0.29, 0.717) is 5.92 Å². The minimum atomic E-state index is 0.396. The Kier molecular flexibility index (Phi) is 3.52. The van der Waals surface area contributed by atoms with Crippen molar-refractivity contribution in [3.63, 3.8) is 0 Å². The van der Waals surface area contributed by atoms with E-state index in [1.165, 1.54) is 6.42 Å². The van der Waals surface area contributed by atoms with Gasteiger partial charge >= 0.3 is 0 Å². The fraction of sp³-hybridized carbons (Fsp3) is 0.727. The van der Waals surface area contributed by atoms with Crippen molar-refractivity contribution in [3.8, 4) is 0 Å². The van der Waals surface area contributed by atoms with E-state index >= 15 is 0 Å². The molecule has 0 atom stereocenters. The van der Waals surface area contributed by atoms with Crippen LogP contribution in [0.3, 0.4) is 0 Å². The number of oxazole rings is 1. The Balaban J connectivity index is 2.49. The number of hydrogen-bond acceptors (Lipinski definition) is 2. The summed E-state index contributed by atoms with van der Waals surface area (Å²) >= 11 is 0. The van der Waals surface area contributed by atoms with E-state index in [9.17, 15) is 0 Å². The third kappa shape index (κ3) is 3.21. The van der Waals surface area contributed by atoms with Crippen LogP contribution < -0.4 is 0 Å². The lowest BCUT2D eigenvalue weighted by Crippen LogP contribution is -1.93. The van der Waals surface area contributed by atoms with Crippen LogP contribution in [0.5, 0.6) is 0 Å². The predicted octanol–water partition coefficient (Wildman–Crippen LogP) is 3.39. The lowest BCUT2D eigenvalue weighted by atomic mass is 10.1. The smallest absolute Gasteiger partial charge is 0.196 e. The van der Waals surface area contributed by atoms with E-state index in [2.05, 4.69) is 32.7 Å². The van der Waals surface area contributed by atoms with Crippen molar-refractivity contribution in [1.82, 2.24) is 4.98 Å². The van der Waals surface area contributed by atoms with Crippen LogP contribution in [0.25, 0.3) is 0 Å². The summed E-state index contributed by atoms with van der Waals surface area (Å²) in [6.45, 7) is 8.64. The second-order valence-electron chi connectivity index (χ2n) is 4.26. The first-order chi connectivity index (χ1) is 6.09. The molecule has 1 rings (SSSR count). The van der Waals surface area contributed by atoms with E-state index < -0.39 is 0 Å². The second-order valence-corrected chi connectivity index (χ2v) is 4.26. The van der Waals surface area contributed by atoms with Gasteiger partial charge in [0.05, 0.1) is 5.69 Å². The third-order valence-electron chi connectivity index (χ3n) is 2.04. The maximum absolute atomic E-state index is 5.35. The molecule has 0 saturated heterocycles. The highest BCUT2D eigenvalue weighted by Crippen LogP contribution is 2.15. The molecule has 0 fully saturated rings. The Morgan fingerprint density at radius 2 is 2.00 bits per heavy atom. The number of hydrogen-bond donors (Lipinski definition) is 0. The molecule has 2 heteroatoms. The number of rotatable bonds is 4. The molecule has 0 bridgehead atoms. The summed E-state index contributed by atoms with van der Waals surface area (Å²) in [5.41, 5.74) is 1.09. The zero-order valence-electron chi connectivity index (χ0n) is 9.00. The van der Waals surface area contributed by atoms with Crippen LogP contribution in [0.4, 0.5) is 0 Å². The quantitative estimate of drug-likeness (QED) is 0.711. The van der Waals surface area contributed by atoms with Crippen LogP contribution in [0, 0.1) is 5.92 Å². The molecule has 1 heterocycles. The highest BCUT2D eigenvalue weighted by Gasteiger charge is 2.07. The molecular weight excluding hydrogens is 162 g/mol. The van der Waals surface area contributed by atoms with E-state index in [-0.39, 0.29) is 0 Å². The van der Waals surface area contributed by atoms with Crippen molar-refractivity contribution in [1.29, 1.82) is 0 Å². The van der Waals surface area contributed by atoms with E-state index in [4.69, 9.17) is 4.42 Å². The zero-order chi connectivity index (χ0) is 9.84. The first-order valence-corrected chi connectivity index (χ1v) is 5.04. The molecule has 0 spiro atoms. The van der Waals surface area contributed by atoms with E-state index in [1.54, 1.807) is 6.26 Å². The molecule has 0 amide bonds. The third-order valence-corrected chi connectivity index (χ3v) is 2.04. The fourth-order valence-corrected chi connectivity index (χ4v) is 1.14. The summed E-state index contributed by atoms with van der Waals surface area (Å²) in [7, 11) is 0. The van der Waals surface area contributed by atoms with Gasteiger partial charge < -0.3 is 4.42 Å². The Morgan fingerprint density at radius 3 is 2.46 bits per heavy atom. The first kappa shape index (κ1) is 10.3. The van der Waals surface area contributed by atoms with E-state index in [1.807, 2.05) is 0 Å². The molecule has 74 valence electrons. The van der Waals surface area contributed by atoms with E-state index in [0.717, 1.165) is 23.9 Å². The predicted molar refractivity (Wildman–Crippen MR) is 53.8 cm³/mol. The van der Waals surface area contributed by atoms with Gasteiger partial charge in [0.25, 0.3) is 0 Å². The van der Waals surface area contributed by atoms with Crippen LogP contribution in [0.1, 0.15) is 51.6 Å². The van der Waals surface area contributed by atoms with Crippen molar-refractivity contribution < 1.29 is 4.42 Å². The standard InChI is InChI=1S/C11H19NO/c1-8(2)5-6-10-7-13-11(12-10)9(3)4/h7-9H,5-6H2,1-4H3. The summed E-state index contributed by atoms with van der Waals surface area (Å²) in [4.78, 5) is 4.42. The Bertz CT molecular complexity index is 250. The maximum Gasteiger partial charge on any atom is 0.196 e. The van der Waals surface area contributed by atoms with Gasteiger partial charge in [-0.1, -0.05) is 27.7 Å². The number of aromatic nitrogens is 1. The maximum atomic E-state index is 5.35. The molecule has 13 heavy (non-hydrogen) atoms. The molecule has 0 saturated carbocycles. The fourth-order valence-electron chi connectivity index (χ4n) is 1.14. The number of aryl methyl sites for hydroxylation is 1. The SMILES string of the molecule is CC(C)CCc1coc(C(C)C)n1. The average molecular weight is 181 g/mol. The highest BCUT2D eigenvalue weighted by molar-refractivity contribution is 4.99. The number of nitrogens with zero attached hydrogens (tertiary/aromatic N) is 1. The minimum absolute atomic E-state index is 0.396. The molecule has 0 aromatic carbocycles. The monoisotopic (exact) mass is 181 g/mol. The Labute approximate surface area is 80.4 Å². The summed E-state index contributed by atoms with van der Waals surface area (Å²) in [5, 5.41) is 0. The summed E-state index contributed by atoms with van der Waals surface area (Å²) < 4.78 is 5.35. The molecule has 0 N–H and O–H groups in total. The Morgan fingerprint density at radius 1 is 1.31 bits per heavy atom. The van der Waals surface area contributed by atoms with Gasteiger partial charge in [-0.05, 0) is 18.8 Å². The molecule has 0 aliphatic rings. The van der Waals surface area contributed by atoms with Crippen molar-refractivity contribution in [2.45, 2.75) is 46.5 Å². The van der Waals surface area contributed by atoms with Gasteiger partial charge in [0.1, 0.15) is 6.26 Å². The highest BCUT2D eigenvalue weighted by atomic mass is 16.3. The second kappa shape index (κ2) is 4.45. The van der Waals surface area contributed by atoms with Crippen molar-refractivity contribution in [2.24, 2.45) is 5.92 Å².